The van der Waals surface area contributed by atoms with Crippen molar-refractivity contribution in [3.63, 3.8) is 0 Å². The van der Waals surface area contributed by atoms with E-state index in [2.05, 4.69) is 25.8 Å². The fourth-order valence-electron chi connectivity index (χ4n) is 0.822. The molecule has 0 spiro atoms. The highest BCUT2D eigenvalue weighted by Gasteiger charge is 2.28. The SMILES string of the molecule is CC1SC(=S)N(C)C1C. The normalized spacial score (nSPS) is 35.9. The van der Waals surface area contributed by atoms with Crippen molar-refractivity contribution in [3.8, 4) is 0 Å². The van der Waals surface area contributed by atoms with Crippen LogP contribution in [0.15, 0.2) is 0 Å². The Bertz CT molecular complexity index is 135. The molecular weight excluding hydrogens is 150 g/mol. The van der Waals surface area contributed by atoms with Crippen LogP contribution in [0.1, 0.15) is 13.8 Å². The molecular formula is C6H11NS2. The molecule has 1 aliphatic heterocycles. The van der Waals surface area contributed by atoms with E-state index in [9.17, 15) is 0 Å². The van der Waals surface area contributed by atoms with Gasteiger partial charge in [-0.3, -0.25) is 0 Å². The minimum absolute atomic E-state index is 0.613. The zero-order valence-corrected chi connectivity index (χ0v) is 7.55. The van der Waals surface area contributed by atoms with Gasteiger partial charge in [-0.25, -0.2) is 0 Å². The van der Waals surface area contributed by atoms with Gasteiger partial charge >= 0.3 is 0 Å². The Balaban J connectivity index is 2.65. The topological polar surface area (TPSA) is 3.24 Å². The maximum absolute atomic E-state index is 5.08. The standard InChI is InChI=1S/C6H11NS2/c1-4-5(2)9-6(8)7(4)3/h4-5H,1-3H3. The molecule has 0 aromatic carbocycles. The summed E-state index contributed by atoms with van der Waals surface area (Å²) in [6.45, 7) is 4.42. The molecule has 1 saturated heterocycles. The molecule has 2 atom stereocenters. The molecule has 0 bridgehead atoms. The first kappa shape index (κ1) is 7.35. The number of hydrogen-bond acceptors (Lipinski definition) is 2. The van der Waals surface area contributed by atoms with Crippen molar-refractivity contribution in [1.29, 1.82) is 0 Å². The smallest absolute Gasteiger partial charge is 0.136 e. The first-order valence-electron chi connectivity index (χ1n) is 3.06. The zero-order valence-electron chi connectivity index (χ0n) is 5.92. The fourth-order valence-corrected chi connectivity index (χ4v) is 2.47. The molecule has 2 unspecified atom stereocenters. The van der Waals surface area contributed by atoms with Crippen molar-refractivity contribution < 1.29 is 0 Å². The van der Waals surface area contributed by atoms with Crippen molar-refractivity contribution in [3.05, 3.63) is 0 Å². The number of rotatable bonds is 0. The molecule has 1 nitrogen and oxygen atoms in total. The summed E-state index contributed by atoms with van der Waals surface area (Å²) in [6.07, 6.45) is 0. The summed E-state index contributed by atoms with van der Waals surface area (Å²) in [5.41, 5.74) is 0. The molecule has 1 rings (SSSR count). The molecule has 0 aromatic heterocycles. The number of thiocarbonyl (C=S) groups is 1. The van der Waals surface area contributed by atoms with E-state index in [1.807, 2.05) is 0 Å². The predicted molar refractivity (Wildman–Crippen MR) is 46.9 cm³/mol. The van der Waals surface area contributed by atoms with Crippen molar-refractivity contribution in [1.82, 2.24) is 4.90 Å². The van der Waals surface area contributed by atoms with Crippen LogP contribution in [0.2, 0.25) is 0 Å². The maximum Gasteiger partial charge on any atom is 0.136 e. The average Bonchev–Trinajstić information content (AvgIpc) is 1.98. The Morgan fingerprint density at radius 1 is 1.56 bits per heavy atom. The second-order valence-corrected chi connectivity index (χ2v) is 4.45. The van der Waals surface area contributed by atoms with Crippen LogP contribution in [0.3, 0.4) is 0 Å². The average molecular weight is 161 g/mol. The second-order valence-electron chi connectivity index (χ2n) is 2.44. The van der Waals surface area contributed by atoms with Gasteiger partial charge in [0.05, 0.1) is 0 Å². The van der Waals surface area contributed by atoms with Gasteiger partial charge in [0.2, 0.25) is 0 Å². The summed E-state index contributed by atoms with van der Waals surface area (Å²) in [5.74, 6) is 0. The highest BCUT2D eigenvalue weighted by atomic mass is 32.2. The maximum atomic E-state index is 5.08. The Hall–Kier alpha value is 0.240. The van der Waals surface area contributed by atoms with E-state index < -0.39 is 0 Å². The first-order chi connectivity index (χ1) is 4.13. The van der Waals surface area contributed by atoms with E-state index in [0.717, 1.165) is 4.32 Å². The van der Waals surface area contributed by atoms with E-state index >= 15 is 0 Å². The lowest BCUT2D eigenvalue weighted by Gasteiger charge is -2.17. The van der Waals surface area contributed by atoms with E-state index in [-0.39, 0.29) is 0 Å². The van der Waals surface area contributed by atoms with E-state index in [1.165, 1.54) is 0 Å². The molecule has 1 fully saturated rings. The molecule has 9 heavy (non-hydrogen) atoms. The third kappa shape index (κ3) is 1.22. The molecule has 0 N–H and O–H groups in total. The van der Waals surface area contributed by atoms with Gasteiger partial charge in [-0.05, 0) is 6.92 Å². The molecule has 0 aromatic rings. The monoisotopic (exact) mass is 161 g/mol. The van der Waals surface area contributed by atoms with Crippen LogP contribution in [-0.2, 0) is 0 Å². The largest absolute Gasteiger partial charge is 0.357 e. The predicted octanol–water partition coefficient (Wildman–Crippen LogP) is 1.73. The quantitative estimate of drug-likeness (QED) is 0.498. The van der Waals surface area contributed by atoms with Gasteiger partial charge < -0.3 is 4.90 Å². The Morgan fingerprint density at radius 2 is 2.11 bits per heavy atom. The Labute approximate surface area is 65.8 Å². The number of thioether (sulfide) groups is 1. The summed E-state index contributed by atoms with van der Waals surface area (Å²) in [4.78, 5) is 2.16. The number of hydrogen-bond donors (Lipinski definition) is 0. The highest BCUT2D eigenvalue weighted by molar-refractivity contribution is 8.23. The molecule has 52 valence electrons. The van der Waals surface area contributed by atoms with Crippen molar-refractivity contribution in [2.75, 3.05) is 7.05 Å². The van der Waals surface area contributed by atoms with Crippen LogP contribution in [-0.4, -0.2) is 27.6 Å². The second kappa shape index (κ2) is 2.46. The van der Waals surface area contributed by atoms with Crippen LogP contribution >= 0.6 is 24.0 Å². The molecule has 0 amide bonds. The molecule has 1 aliphatic rings. The summed E-state index contributed by atoms with van der Waals surface area (Å²) < 4.78 is 1.04. The van der Waals surface area contributed by atoms with Crippen molar-refractivity contribution in [2.24, 2.45) is 0 Å². The van der Waals surface area contributed by atoms with Crippen LogP contribution in [0.4, 0.5) is 0 Å². The van der Waals surface area contributed by atoms with E-state index in [0.29, 0.717) is 11.3 Å². The van der Waals surface area contributed by atoms with Gasteiger partial charge in [0.15, 0.2) is 0 Å². The number of nitrogens with zero attached hydrogens (tertiary/aromatic N) is 1. The van der Waals surface area contributed by atoms with Crippen molar-refractivity contribution >= 4 is 28.3 Å². The summed E-state index contributed by atoms with van der Waals surface area (Å²) in [6, 6.07) is 0.613. The zero-order chi connectivity index (χ0) is 7.02. The van der Waals surface area contributed by atoms with Crippen LogP contribution in [0.5, 0.6) is 0 Å². The van der Waals surface area contributed by atoms with Gasteiger partial charge in [-0.2, -0.15) is 0 Å². The van der Waals surface area contributed by atoms with E-state index in [1.54, 1.807) is 11.8 Å². The Kier molecular flexibility index (Phi) is 2.01. The lowest BCUT2D eigenvalue weighted by molar-refractivity contribution is 0.414. The van der Waals surface area contributed by atoms with Gasteiger partial charge in [0.1, 0.15) is 4.32 Å². The molecule has 0 saturated carbocycles. The molecule has 0 radical (unpaired) electrons. The lowest BCUT2D eigenvalue weighted by atomic mass is 10.2. The van der Waals surface area contributed by atoms with Crippen LogP contribution in [0, 0.1) is 0 Å². The minimum atomic E-state index is 0.613. The third-order valence-corrected chi connectivity index (χ3v) is 3.70. The molecule has 3 heteroatoms. The van der Waals surface area contributed by atoms with Crippen molar-refractivity contribution in [2.45, 2.75) is 25.1 Å². The van der Waals surface area contributed by atoms with E-state index in [4.69, 9.17) is 12.2 Å². The summed E-state index contributed by atoms with van der Waals surface area (Å²) in [7, 11) is 2.06. The van der Waals surface area contributed by atoms with Gasteiger partial charge in [0.25, 0.3) is 0 Å². The Morgan fingerprint density at radius 3 is 2.22 bits per heavy atom. The van der Waals surface area contributed by atoms with Crippen LogP contribution in [0.25, 0.3) is 0 Å². The third-order valence-electron chi connectivity index (χ3n) is 1.86. The fraction of sp³-hybridized carbons (Fsp3) is 0.833. The summed E-state index contributed by atoms with van der Waals surface area (Å²) in [5, 5.41) is 0.669. The van der Waals surface area contributed by atoms with Gasteiger partial charge in [-0.1, -0.05) is 30.9 Å². The van der Waals surface area contributed by atoms with Crippen LogP contribution < -0.4 is 0 Å². The van der Waals surface area contributed by atoms with Gasteiger partial charge in [0, 0.05) is 18.3 Å². The molecule has 1 heterocycles. The minimum Gasteiger partial charge on any atom is -0.357 e. The summed E-state index contributed by atoms with van der Waals surface area (Å²) >= 11 is 6.88. The highest BCUT2D eigenvalue weighted by Crippen LogP contribution is 2.29. The van der Waals surface area contributed by atoms with Gasteiger partial charge in [-0.15, -0.1) is 0 Å². The molecule has 0 aliphatic carbocycles. The lowest BCUT2D eigenvalue weighted by Crippen LogP contribution is -2.28. The first-order valence-corrected chi connectivity index (χ1v) is 4.35.